The maximum Gasteiger partial charge on any atom is 0.707 e. The van der Waals surface area contributed by atoms with Gasteiger partial charge in [0, 0.05) is 7.11 Å². The molecular formula is C9H13BO5. The van der Waals surface area contributed by atoms with E-state index in [-0.39, 0.29) is 12.5 Å². The largest absolute Gasteiger partial charge is 0.707 e. The fourth-order valence-electron chi connectivity index (χ4n) is 1.13. The van der Waals surface area contributed by atoms with Gasteiger partial charge in [0.15, 0.2) is 12.5 Å². The topological polar surface area (TPSA) is 68.2 Å². The summed E-state index contributed by atoms with van der Waals surface area (Å²) < 4.78 is 14.8. The molecule has 1 rings (SSSR count). The average molecular weight is 212 g/mol. The number of methoxy groups -OCH3 is 1. The maximum atomic E-state index is 8.69. The highest BCUT2D eigenvalue weighted by Crippen LogP contribution is 2.30. The highest BCUT2D eigenvalue weighted by molar-refractivity contribution is 6.33. The molecule has 0 spiro atoms. The van der Waals surface area contributed by atoms with Crippen molar-refractivity contribution in [1.29, 1.82) is 0 Å². The molecule has 0 atom stereocenters. The molecule has 82 valence electrons. The Morgan fingerprint density at radius 2 is 2.07 bits per heavy atom. The van der Waals surface area contributed by atoms with E-state index in [9.17, 15) is 0 Å². The summed E-state index contributed by atoms with van der Waals surface area (Å²) in [5, 5.41) is 17.4. The molecule has 5 nitrogen and oxygen atoms in total. The Labute approximate surface area is 88.4 Å². The van der Waals surface area contributed by atoms with Crippen molar-refractivity contribution in [3.05, 3.63) is 23.8 Å². The summed E-state index contributed by atoms with van der Waals surface area (Å²) in [6.07, 6.45) is 0. The molecule has 0 saturated carbocycles. The van der Waals surface area contributed by atoms with Crippen LogP contribution in [0.5, 0.6) is 11.5 Å². The van der Waals surface area contributed by atoms with Gasteiger partial charge in [-0.2, -0.15) is 0 Å². The van der Waals surface area contributed by atoms with E-state index in [4.69, 9.17) is 24.2 Å². The summed E-state index contributed by atoms with van der Waals surface area (Å²) in [7, 11) is -0.364. The van der Waals surface area contributed by atoms with Gasteiger partial charge in [0.1, 0.15) is 5.75 Å². The average Bonchev–Trinajstić information content (AvgIpc) is 2.16. The van der Waals surface area contributed by atoms with Crippen molar-refractivity contribution in [1.82, 2.24) is 0 Å². The van der Waals surface area contributed by atoms with Crippen LogP contribution in [0.4, 0.5) is 0 Å². The predicted molar refractivity (Wildman–Crippen MR) is 54.5 cm³/mol. The number of benzene rings is 1. The first-order chi connectivity index (χ1) is 7.15. The molecule has 2 N–H and O–H groups in total. The molecule has 15 heavy (non-hydrogen) atoms. The second kappa shape index (κ2) is 5.60. The van der Waals surface area contributed by atoms with Crippen LogP contribution in [-0.4, -0.2) is 31.3 Å². The van der Waals surface area contributed by atoms with Gasteiger partial charge in [-0.1, -0.05) is 12.1 Å². The van der Waals surface area contributed by atoms with Crippen LogP contribution >= 0.6 is 0 Å². The number of aryl methyl sites for hydroxylation is 1. The number of hydrogen-bond acceptors (Lipinski definition) is 5. The van der Waals surface area contributed by atoms with E-state index in [2.05, 4.69) is 0 Å². The van der Waals surface area contributed by atoms with Gasteiger partial charge in [-0.25, -0.2) is 0 Å². The standard InChI is InChI=1S/C9H13BO5/c1-7-4-3-5-8(15-10(11)12)9(7)14-6-13-2/h3-5,11-12H,6H2,1-2H3. The molecule has 0 saturated heterocycles. The fraction of sp³-hybridized carbons (Fsp3) is 0.333. The smallest absolute Gasteiger partial charge is 0.509 e. The minimum Gasteiger partial charge on any atom is -0.509 e. The van der Waals surface area contributed by atoms with Crippen molar-refractivity contribution in [2.75, 3.05) is 13.9 Å². The first-order valence-electron chi connectivity index (χ1n) is 4.39. The van der Waals surface area contributed by atoms with E-state index in [0.29, 0.717) is 5.75 Å². The van der Waals surface area contributed by atoms with E-state index >= 15 is 0 Å². The van der Waals surface area contributed by atoms with Crippen molar-refractivity contribution in [3.8, 4) is 11.5 Å². The van der Waals surface area contributed by atoms with Gasteiger partial charge in [0.05, 0.1) is 0 Å². The first-order valence-corrected chi connectivity index (χ1v) is 4.39. The highest BCUT2D eigenvalue weighted by Gasteiger charge is 2.16. The molecule has 0 fully saturated rings. The summed E-state index contributed by atoms with van der Waals surface area (Å²) in [5.41, 5.74) is 0.824. The summed E-state index contributed by atoms with van der Waals surface area (Å²) in [6, 6.07) is 5.13. The first kappa shape index (κ1) is 11.8. The Bertz CT molecular complexity index is 315. The van der Waals surface area contributed by atoms with Crippen LogP contribution < -0.4 is 9.39 Å². The lowest BCUT2D eigenvalue weighted by atomic mass is 10.2. The van der Waals surface area contributed by atoms with E-state index in [1.165, 1.54) is 7.11 Å². The molecule has 0 aromatic heterocycles. The third-order valence-electron chi connectivity index (χ3n) is 1.73. The van der Waals surface area contributed by atoms with Crippen LogP contribution in [0.2, 0.25) is 0 Å². The summed E-state index contributed by atoms with van der Waals surface area (Å²) in [4.78, 5) is 0. The minimum atomic E-state index is -1.86. The molecule has 1 aromatic rings. The molecule has 0 unspecified atom stereocenters. The number of ether oxygens (including phenoxy) is 2. The molecule has 0 bridgehead atoms. The molecule has 1 aromatic carbocycles. The number of hydrogen-bond donors (Lipinski definition) is 2. The van der Waals surface area contributed by atoms with Crippen LogP contribution in [0.1, 0.15) is 5.56 Å². The predicted octanol–water partition coefficient (Wildman–Crippen LogP) is 0.326. The Morgan fingerprint density at radius 1 is 1.33 bits per heavy atom. The molecule has 0 aliphatic carbocycles. The quantitative estimate of drug-likeness (QED) is 0.543. The van der Waals surface area contributed by atoms with Crippen molar-refractivity contribution in [2.45, 2.75) is 6.92 Å². The lowest BCUT2D eigenvalue weighted by molar-refractivity contribution is 0.0489. The Kier molecular flexibility index (Phi) is 4.42. The highest BCUT2D eigenvalue weighted by atomic mass is 16.7. The van der Waals surface area contributed by atoms with E-state index in [1.54, 1.807) is 12.1 Å². The van der Waals surface area contributed by atoms with Crippen molar-refractivity contribution < 1.29 is 24.2 Å². The van der Waals surface area contributed by atoms with Gasteiger partial charge >= 0.3 is 7.32 Å². The molecule has 0 amide bonds. The minimum absolute atomic E-state index is 0.0722. The summed E-state index contributed by atoms with van der Waals surface area (Å²) in [6.45, 7) is 1.89. The number of para-hydroxylation sites is 1. The Balaban J connectivity index is 2.87. The zero-order chi connectivity index (χ0) is 11.3. The molecule has 6 heteroatoms. The Morgan fingerprint density at radius 3 is 2.67 bits per heavy atom. The van der Waals surface area contributed by atoms with Gasteiger partial charge < -0.3 is 24.2 Å². The van der Waals surface area contributed by atoms with Crippen molar-refractivity contribution >= 4 is 7.32 Å². The van der Waals surface area contributed by atoms with Gasteiger partial charge in [0.25, 0.3) is 0 Å². The van der Waals surface area contributed by atoms with E-state index in [1.807, 2.05) is 13.0 Å². The fourth-order valence-corrected chi connectivity index (χ4v) is 1.13. The van der Waals surface area contributed by atoms with E-state index < -0.39 is 7.32 Å². The molecule has 0 aliphatic heterocycles. The van der Waals surface area contributed by atoms with Gasteiger partial charge in [-0.05, 0) is 18.6 Å². The van der Waals surface area contributed by atoms with Crippen molar-refractivity contribution in [3.63, 3.8) is 0 Å². The van der Waals surface area contributed by atoms with Gasteiger partial charge in [-0.3, -0.25) is 0 Å². The van der Waals surface area contributed by atoms with Gasteiger partial charge in [-0.15, -0.1) is 0 Å². The molecule has 0 heterocycles. The van der Waals surface area contributed by atoms with Crippen LogP contribution in [0.3, 0.4) is 0 Å². The summed E-state index contributed by atoms with van der Waals surface area (Å²) >= 11 is 0. The normalized spacial score (nSPS) is 9.87. The monoisotopic (exact) mass is 212 g/mol. The SMILES string of the molecule is COCOc1c(C)cccc1OB(O)O. The number of rotatable bonds is 5. The van der Waals surface area contributed by atoms with Crippen LogP contribution in [-0.2, 0) is 4.74 Å². The second-order valence-electron chi connectivity index (χ2n) is 2.90. The molecule has 0 aliphatic rings. The maximum absolute atomic E-state index is 8.69. The van der Waals surface area contributed by atoms with Crippen LogP contribution in [0.25, 0.3) is 0 Å². The van der Waals surface area contributed by atoms with E-state index in [0.717, 1.165) is 5.56 Å². The lowest BCUT2D eigenvalue weighted by Gasteiger charge is -2.13. The van der Waals surface area contributed by atoms with Crippen LogP contribution in [0, 0.1) is 6.92 Å². The van der Waals surface area contributed by atoms with Crippen LogP contribution in [0.15, 0.2) is 18.2 Å². The lowest BCUT2D eigenvalue weighted by Crippen LogP contribution is -2.21. The third kappa shape index (κ3) is 3.43. The van der Waals surface area contributed by atoms with Crippen molar-refractivity contribution in [2.24, 2.45) is 0 Å². The second-order valence-corrected chi connectivity index (χ2v) is 2.90. The summed E-state index contributed by atoms with van der Waals surface area (Å²) in [5.74, 6) is 0.703. The zero-order valence-electron chi connectivity index (χ0n) is 8.64. The molecular weight excluding hydrogens is 199 g/mol. The third-order valence-corrected chi connectivity index (χ3v) is 1.73. The van der Waals surface area contributed by atoms with Gasteiger partial charge in [0.2, 0.25) is 0 Å². The zero-order valence-corrected chi connectivity index (χ0v) is 8.64. The Hall–Kier alpha value is -1.24. The molecule has 0 radical (unpaired) electrons.